The van der Waals surface area contributed by atoms with Gasteiger partial charge in [0.2, 0.25) is 0 Å². The molecule has 2 atom stereocenters. The molecule has 1 aliphatic carbocycles. The number of nitro benzene ring substituents is 1. The number of nitriles is 1. The van der Waals surface area contributed by atoms with Crippen molar-refractivity contribution in [3.05, 3.63) is 34.4 Å². The van der Waals surface area contributed by atoms with Crippen LogP contribution in [0.5, 0.6) is 5.75 Å². The second kappa shape index (κ2) is 5.88. The predicted octanol–water partition coefficient (Wildman–Crippen LogP) is 2.40. The second-order valence-corrected chi connectivity index (χ2v) is 5.00. The topological polar surface area (TPSA) is 88.2 Å². The van der Waals surface area contributed by atoms with Gasteiger partial charge in [-0.05, 0) is 32.4 Å². The summed E-state index contributed by atoms with van der Waals surface area (Å²) < 4.78 is 5.77. The Balaban J connectivity index is 2.15. The number of nitrogens with one attached hydrogen (secondary N) is 1. The number of hydrogen-bond donors (Lipinski definition) is 1. The van der Waals surface area contributed by atoms with Crippen molar-refractivity contribution in [1.29, 1.82) is 5.26 Å². The van der Waals surface area contributed by atoms with Crippen LogP contribution >= 0.6 is 0 Å². The Hall–Kier alpha value is -2.13. The summed E-state index contributed by atoms with van der Waals surface area (Å²) in [5.41, 5.74) is -0.628. The van der Waals surface area contributed by atoms with Crippen LogP contribution in [0.15, 0.2) is 24.3 Å². The van der Waals surface area contributed by atoms with E-state index in [2.05, 4.69) is 11.4 Å². The van der Waals surface area contributed by atoms with E-state index in [1.165, 1.54) is 6.07 Å². The molecule has 1 aromatic carbocycles. The quantitative estimate of drug-likeness (QED) is 0.673. The Kier molecular flexibility index (Phi) is 4.20. The monoisotopic (exact) mass is 275 g/mol. The van der Waals surface area contributed by atoms with E-state index in [0.717, 1.165) is 19.3 Å². The molecule has 2 rings (SSSR count). The number of nitrogens with zero attached hydrogens (tertiary/aromatic N) is 2. The minimum absolute atomic E-state index is 0.0370. The van der Waals surface area contributed by atoms with Crippen LogP contribution in [0.1, 0.15) is 25.7 Å². The molecule has 6 heteroatoms. The van der Waals surface area contributed by atoms with Gasteiger partial charge in [0.25, 0.3) is 0 Å². The molecule has 1 fully saturated rings. The maximum Gasteiger partial charge on any atom is 0.310 e. The molecule has 6 nitrogen and oxygen atoms in total. The van der Waals surface area contributed by atoms with Gasteiger partial charge < -0.3 is 10.1 Å². The summed E-state index contributed by atoms with van der Waals surface area (Å²) in [6.45, 7) is 0. The molecule has 106 valence electrons. The van der Waals surface area contributed by atoms with Crippen LogP contribution < -0.4 is 10.1 Å². The lowest BCUT2D eigenvalue weighted by Crippen LogP contribution is -2.48. The van der Waals surface area contributed by atoms with Gasteiger partial charge in [-0.3, -0.25) is 10.1 Å². The van der Waals surface area contributed by atoms with E-state index in [-0.39, 0.29) is 17.5 Å². The van der Waals surface area contributed by atoms with Crippen LogP contribution in [0.25, 0.3) is 0 Å². The van der Waals surface area contributed by atoms with Gasteiger partial charge in [0.15, 0.2) is 5.75 Å². The average molecular weight is 275 g/mol. The SMILES string of the molecule is CNC1(C#N)CCCC(Oc2ccccc2[N+](=O)[O-])C1. The summed E-state index contributed by atoms with van der Waals surface area (Å²) in [5.74, 6) is 0.271. The maximum atomic E-state index is 11.0. The van der Waals surface area contributed by atoms with Crippen LogP contribution in [0.3, 0.4) is 0 Å². The number of nitro groups is 1. The molecular formula is C14H17N3O3. The number of benzene rings is 1. The molecule has 0 bridgehead atoms. The third-order valence-electron chi connectivity index (χ3n) is 3.75. The molecule has 0 spiro atoms. The minimum Gasteiger partial charge on any atom is -0.483 e. The van der Waals surface area contributed by atoms with E-state index in [1.807, 2.05) is 0 Å². The lowest BCUT2D eigenvalue weighted by atomic mass is 9.81. The van der Waals surface area contributed by atoms with Crippen molar-refractivity contribution >= 4 is 5.69 Å². The average Bonchev–Trinajstić information content (AvgIpc) is 2.47. The fourth-order valence-corrected chi connectivity index (χ4v) is 2.60. The van der Waals surface area contributed by atoms with Gasteiger partial charge >= 0.3 is 5.69 Å². The Labute approximate surface area is 117 Å². The zero-order valence-electron chi connectivity index (χ0n) is 11.3. The number of hydrogen-bond acceptors (Lipinski definition) is 5. The summed E-state index contributed by atoms with van der Waals surface area (Å²) in [6.07, 6.45) is 2.79. The second-order valence-electron chi connectivity index (χ2n) is 5.00. The third-order valence-corrected chi connectivity index (χ3v) is 3.75. The number of rotatable bonds is 4. The van der Waals surface area contributed by atoms with Crippen LogP contribution in [0.4, 0.5) is 5.69 Å². The third kappa shape index (κ3) is 2.89. The summed E-state index contributed by atoms with van der Waals surface area (Å²) in [6, 6.07) is 8.64. The van der Waals surface area contributed by atoms with E-state index in [9.17, 15) is 15.4 Å². The van der Waals surface area contributed by atoms with E-state index in [1.54, 1.807) is 25.2 Å². The lowest BCUT2D eigenvalue weighted by Gasteiger charge is -2.35. The van der Waals surface area contributed by atoms with E-state index >= 15 is 0 Å². The standard InChI is InChI=1S/C14H17N3O3/c1-16-14(10-15)8-4-5-11(9-14)20-13-7-3-2-6-12(13)17(18)19/h2-3,6-7,11,16H,4-5,8-9H2,1H3. The lowest BCUT2D eigenvalue weighted by molar-refractivity contribution is -0.386. The predicted molar refractivity (Wildman–Crippen MR) is 73.4 cm³/mol. The Morgan fingerprint density at radius 2 is 2.30 bits per heavy atom. The van der Waals surface area contributed by atoms with Crippen LogP contribution in [0.2, 0.25) is 0 Å². The molecule has 1 aromatic rings. The summed E-state index contributed by atoms with van der Waals surface area (Å²) in [5, 5.41) is 23.3. The molecular weight excluding hydrogens is 258 g/mol. The molecule has 1 N–H and O–H groups in total. The van der Waals surface area contributed by atoms with E-state index in [0.29, 0.717) is 6.42 Å². The highest BCUT2D eigenvalue weighted by Gasteiger charge is 2.36. The molecule has 1 aliphatic rings. The summed E-state index contributed by atoms with van der Waals surface area (Å²) >= 11 is 0. The van der Waals surface area contributed by atoms with Crippen molar-refractivity contribution in [1.82, 2.24) is 5.32 Å². The fraction of sp³-hybridized carbons (Fsp3) is 0.500. The first-order valence-corrected chi connectivity index (χ1v) is 6.60. The van der Waals surface area contributed by atoms with Gasteiger partial charge in [0.05, 0.1) is 11.0 Å². The van der Waals surface area contributed by atoms with Crippen molar-refractivity contribution in [3.8, 4) is 11.8 Å². The first-order chi connectivity index (χ1) is 9.60. The first kappa shape index (κ1) is 14.3. The molecule has 0 amide bonds. The molecule has 20 heavy (non-hydrogen) atoms. The van der Waals surface area contributed by atoms with Crippen molar-refractivity contribution in [2.45, 2.75) is 37.3 Å². The Morgan fingerprint density at radius 3 is 2.95 bits per heavy atom. The highest BCUT2D eigenvalue weighted by Crippen LogP contribution is 2.33. The van der Waals surface area contributed by atoms with Crippen molar-refractivity contribution in [2.75, 3.05) is 7.05 Å². The Morgan fingerprint density at radius 1 is 1.55 bits per heavy atom. The van der Waals surface area contributed by atoms with Gasteiger partial charge in [-0.1, -0.05) is 12.1 Å². The zero-order valence-corrected chi connectivity index (χ0v) is 11.3. The molecule has 0 saturated heterocycles. The van der Waals surface area contributed by atoms with Gasteiger partial charge in [-0.25, -0.2) is 0 Å². The molecule has 0 heterocycles. The number of para-hydroxylation sites is 2. The molecule has 2 unspecified atom stereocenters. The van der Waals surface area contributed by atoms with Gasteiger partial charge in [-0.2, -0.15) is 5.26 Å². The molecule has 0 aliphatic heterocycles. The van der Waals surface area contributed by atoms with Crippen LogP contribution in [-0.4, -0.2) is 23.6 Å². The summed E-state index contributed by atoms with van der Waals surface area (Å²) in [7, 11) is 1.76. The smallest absolute Gasteiger partial charge is 0.310 e. The highest BCUT2D eigenvalue weighted by molar-refractivity contribution is 5.45. The molecule has 1 saturated carbocycles. The minimum atomic E-state index is -0.591. The number of ether oxygens (including phenoxy) is 1. The molecule has 0 radical (unpaired) electrons. The van der Waals surface area contributed by atoms with Crippen molar-refractivity contribution < 1.29 is 9.66 Å². The Bertz CT molecular complexity index is 541. The normalized spacial score (nSPS) is 25.7. The zero-order chi connectivity index (χ0) is 14.6. The van der Waals surface area contributed by atoms with Gasteiger partial charge in [0, 0.05) is 12.5 Å². The van der Waals surface area contributed by atoms with E-state index in [4.69, 9.17) is 4.74 Å². The van der Waals surface area contributed by atoms with Crippen LogP contribution in [-0.2, 0) is 0 Å². The van der Waals surface area contributed by atoms with E-state index < -0.39 is 10.5 Å². The van der Waals surface area contributed by atoms with Crippen molar-refractivity contribution in [2.24, 2.45) is 0 Å². The van der Waals surface area contributed by atoms with Gasteiger partial charge in [-0.15, -0.1) is 0 Å². The molecule has 0 aromatic heterocycles. The van der Waals surface area contributed by atoms with Crippen LogP contribution in [0, 0.1) is 21.4 Å². The summed E-state index contributed by atoms with van der Waals surface area (Å²) in [4.78, 5) is 10.5. The van der Waals surface area contributed by atoms with Crippen molar-refractivity contribution in [3.63, 3.8) is 0 Å². The van der Waals surface area contributed by atoms with Gasteiger partial charge in [0.1, 0.15) is 11.6 Å². The maximum absolute atomic E-state index is 11.0. The highest BCUT2D eigenvalue weighted by atomic mass is 16.6. The fourth-order valence-electron chi connectivity index (χ4n) is 2.60. The largest absolute Gasteiger partial charge is 0.483 e. The first-order valence-electron chi connectivity index (χ1n) is 6.60.